The van der Waals surface area contributed by atoms with Gasteiger partial charge in [0.05, 0.1) is 11.7 Å². The predicted molar refractivity (Wildman–Crippen MR) is 83.2 cm³/mol. The van der Waals surface area contributed by atoms with E-state index in [4.69, 9.17) is 9.84 Å². The maximum Gasteiger partial charge on any atom is 0.347 e. The standard InChI is InChI=1S/C15H22N2O4S/c1-9-11(13(18)19)22-12(16-9)10(2)17-14(20)15(21-3)7-5-4-6-8-15/h10H,4-8H2,1-3H3,(H,17,20)(H,18,19). The Hall–Kier alpha value is -1.47. The molecule has 0 radical (unpaired) electrons. The highest BCUT2D eigenvalue weighted by molar-refractivity contribution is 7.13. The van der Waals surface area contributed by atoms with Crippen molar-refractivity contribution in [1.29, 1.82) is 0 Å². The third kappa shape index (κ3) is 3.30. The highest BCUT2D eigenvalue weighted by Crippen LogP contribution is 2.32. The number of nitrogens with one attached hydrogen (secondary N) is 1. The summed E-state index contributed by atoms with van der Waals surface area (Å²) >= 11 is 1.10. The SMILES string of the molecule is COC1(C(=O)NC(C)c2nc(C)c(C(=O)O)s2)CCCCC1. The number of nitrogens with zero attached hydrogens (tertiary/aromatic N) is 1. The number of aryl methyl sites for hydroxylation is 1. The van der Waals surface area contributed by atoms with E-state index < -0.39 is 11.6 Å². The second-order valence-corrected chi connectivity index (χ2v) is 6.76. The van der Waals surface area contributed by atoms with Crippen molar-refractivity contribution in [3.8, 4) is 0 Å². The van der Waals surface area contributed by atoms with Crippen LogP contribution in [0.4, 0.5) is 0 Å². The first-order valence-electron chi connectivity index (χ1n) is 7.46. The quantitative estimate of drug-likeness (QED) is 0.868. The summed E-state index contributed by atoms with van der Waals surface area (Å²) in [5, 5.41) is 12.6. The van der Waals surface area contributed by atoms with Crippen LogP contribution in [0.25, 0.3) is 0 Å². The van der Waals surface area contributed by atoms with Gasteiger partial charge in [0.1, 0.15) is 15.5 Å². The van der Waals surface area contributed by atoms with E-state index in [0.29, 0.717) is 10.7 Å². The van der Waals surface area contributed by atoms with E-state index in [0.717, 1.165) is 43.4 Å². The lowest BCUT2D eigenvalue weighted by molar-refractivity contribution is -0.148. The van der Waals surface area contributed by atoms with Gasteiger partial charge in [-0.1, -0.05) is 19.3 Å². The molecule has 1 heterocycles. The molecule has 1 aromatic rings. The van der Waals surface area contributed by atoms with Crippen molar-refractivity contribution in [3.05, 3.63) is 15.6 Å². The number of aromatic carboxylic acids is 1. The lowest BCUT2D eigenvalue weighted by Crippen LogP contribution is -2.50. The molecule has 22 heavy (non-hydrogen) atoms. The molecule has 6 nitrogen and oxygen atoms in total. The van der Waals surface area contributed by atoms with Crippen molar-refractivity contribution in [2.75, 3.05) is 7.11 Å². The summed E-state index contributed by atoms with van der Waals surface area (Å²) in [6.45, 7) is 3.48. The normalized spacial score (nSPS) is 18.7. The fourth-order valence-corrected chi connectivity index (χ4v) is 3.75. The van der Waals surface area contributed by atoms with Crippen molar-refractivity contribution in [3.63, 3.8) is 0 Å². The van der Waals surface area contributed by atoms with Crippen molar-refractivity contribution >= 4 is 23.2 Å². The Kier molecular flexibility index (Phi) is 5.18. The number of carboxylic acids is 1. The molecule has 2 N–H and O–H groups in total. The number of amides is 1. The Morgan fingerprint density at radius 2 is 2.00 bits per heavy atom. The third-order valence-corrected chi connectivity index (χ3v) is 5.52. The van der Waals surface area contributed by atoms with Gasteiger partial charge in [-0.2, -0.15) is 0 Å². The summed E-state index contributed by atoms with van der Waals surface area (Å²) < 4.78 is 5.52. The highest BCUT2D eigenvalue weighted by Gasteiger charge is 2.40. The Morgan fingerprint density at radius 1 is 1.36 bits per heavy atom. The molecule has 1 saturated carbocycles. The van der Waals surface area contributed by atoms with Gasteiger partial charge in [0.2, 0.25) is 0 Å². The molecule has 2 rings (SSSR count). The highest BCUT2D eigenvalue weighted by atomic mass is 32.1. The number of carboxylic acid groups (broad SMARTS) is 1. The van der Waals surface area contributed by atoms with Crippen LogP contribution in [0.15, 0.2) is 0 Å². The van der Waals surface area contributed by atoms with E-state index in [1.54, 1.807) is 14.0 Å². The zero-order valence-corrected chi connectivity index (χ0v) is 14.0. The second kappa shape index (κ2) is 6.75. The van der Waals surface area contributed by atoms with Gasteiger partial charge in [-0.05, 0) is 26.7 Å². The zero-order chi connectivity index (χ0) is 16.3. The van der Waals surface area contributed by atoms with Gasteiger partial charge < -0.3 is 15.2 Å². The maximum atomic E-state index is 12.6. The molecule has 0 aliphatic heterocycles. The lowest BCUT2D eigenvalue weighted by Gasteiger charge is -2.35. The number of rotatable bonds is 5. The van der Waals surface area contributed by atoms with Crippen LogP contribution in [-0.2, 0) is 9.53 Å². The molecule has 1 unspecified atom stereocenters. The Balaban J connectivity index is 2.10. The van der Waals surface area contributed by atoms with Crippen LogP contribution < -0.4 is 5.32 Å². The number of hydrogen-bond acceptors (Lipinski definition) is 5. The molecule has 0 saturated heterocycles. The van der Waals surface area contributed by atoms with Crippen molar-refractivity contribution in [2.45, 2.75) is 57.6 Å². The first kappa shape index (κ1) is 16.9. The van der Waals surface area contributed by atoms with E-state index in [9.17, 15) is 9.59 Å². The number of aromatic nitrogens is 1. The van der Waals surface area contributed by atoms with Crippen molar-refractivity contribution in [2.24, 2.45) is 0 Å². The fourth-order valence-electron chi connectivity index (χ4n) is 2.84. The Labute approximate surface area is 133 Å². The number of carbonyl (C=O) groups excluding carboxylic acids is 1. The lowest BCUT2D eigenvalue weighted by atomic mass is 9.83. The van der Waals surface area contributed by atoms with E-state index in [-0.39, 0.29) is 16.8 Å². The number of thiazole rings is 1. The largest absolute Gasteiger partial charge is 0.477 e. The van der Waals surface area contributed by atoms with Crippen molar-refractivity contribution < 1.29 is 19.4 Å². The van der Waals surface area contributed by atoms with Gasteiger partial charge in [-0.3, -0.25) is 4.79 Å². The molecule has 1 amide bonds. The first-order valence-corrected chi connectivity index (χ1v) is 8.28. The van der Waals surface area contributed by atoms with Crippen LogP contribution in [0.5, 0.6) is 0 Å². The molecule has 1 aliphatic carbocycles. The van der Waals surface area contributed by atoms with Crippen molar-refractivity contribution in [1.82, 2.24) is 10.3 Å². The maximum absolute atomic E-state index is 12.6. The molecule has 1 aliphatic rings. The van der Waals surface area contributed by atoms with Gasteiger partial charge in [-0.15, -0.1) is 11.3 Å². The van der Waals surface area contributed by atoms with Crippen LogP contribution in [0.2, 0.25) is 0 Å². The molecular weight excluding hydrogens is 304 g/mol. The Morgan fingerprint density at radius 3 is 2.50 bits per heavy atom. The minimum absolute atomic E-state index is 0.132. The van der Waals surface area contributed by atoms with Gasteiger partial charge in [0.25, 0.3) is 5.91 Å². The van der Waals surface area contributed by atoms with Gasteiger partial charge in [-0.25, -0.2) is 9.78 Å². The minimum atomic E-state index is -0.986. The van der Waals surface area contributed by atoms with Gasteiger partial charge in [0, 0.05) is 7.11 Å². The third-order valence-electron chi connectivity index (χ3n) is 4.19. The summed E-state index contributed by atoms with van der Waals surface area (Å²) in [5.74, 6) is -1.12. The molecule has 0 aromatic carbocycles. The van der Waals surface area contributed by atoms with E-state index in [1.807, 2.05) is 6.92 Å². The molecule has 0 bridgehead atoms. The fraction of sp³-hybridized carbons (Fsp3) is 0.667. The average Bonchev–Trinajstić information content (AvgIpc) is 2.90. The van der Waals surface area contributed by atoms with Crippen LogP contribution in [0.3, 0.4) is 0 Å². The summed E-state index contributed by atoms with van der Waals surface area (Å²) in [7, 11) is 1.58. The Bertz CT molecular complexity index is 564. The van der Waals surface area contributed by atoms with E-state index in [1.165, 1.54) is 0 Å². The van der Waals surface area contributed by atoms with Crippen LogP contribution in [0.1, 0.15) is 65.4 Å². The summed E-state index contributed by atoms with van der Waals surface area (Å²) in [5.41, 5.74) is -0.276. The molecule has 1 atom stereocenters. The number of carbonyl (C=O) groups is 2. The van der Waals surface area contributed by atoms with Crippen LogP contribution >= 0.6 is 11.3 Å². The van der Waals surface area contributed by atoms with E-state index >= 15 is 0 Å². The first-order chi connectivity index (χ1) is 10.4. The average molecular weight is 326 g/mol. The molecule has 122 valence electrons. The summed E-state index contributed by atoms with van der Waals surface area (Å²) in [4.78, 5) is 28.2. The number of ether oxygens (including phenoxy) is 1. The van der Waals surface area contributed by atoms with E-state index in [2.05, 4.69) is 10.3 Å². The van der Waals surface area contributed by atoms with Gasteiger partial charge in [0.15, 0.2) is 0 Å². The zero-order valence-electron chi connectivity index (χ0n) is 13.1. The molecule has 0 spiro atoms. The second-order valence-electron chi connectivity index (χ2n) is 5.73. The van der Waals surface area contributed by atoms with Gasteiger partial charge >= 0.3 is 5.97 Å². The topological polar surface area (TPSA) is 88.5 Å². The summed E-state index contributed by atoms with van der Waals surface area (Å²) in [6.07, 6.45) is 4.53. The van der Waals surface area contributed by atoms with Crippen LogP contribution in [-0.4, -0.2) is 34.7 Å². The number of methoxy groups -OCH3 is 1. The number of hydrogen-bond donors (Lipinski definition) is 2. The molecular formula is C15H22N2O4S. The molecule has 7 heteroatoms. The van der Waals surface area contributed by atoms with Crippen LogP contribution in [0, 0.1) is 6.92 Å². The predicted octanol–water partition coefficient (Wildman–Crippen LogP) is 2.68. The molecule has 1 fully saturated rings. The molecule has 1 aromatic heterocycles. The summed E-state index contributed by atoms with van der Waals surface area (Å²) in [6, 6.07) is -0.335. The minimum Gasteiger partial charge on any atom is -0.477 e. The smallest absolute Gasteiger partial charge is 0.347 e. The monoisotopic (exact) mass is 326 g/mol.